The van der Waals surface area contributed by atoms with Crippen LogP contribution in [-0.4, -0.2) is 13.0 Å². The van der Waals surface area contributed by atoms with Gasteiger partial charge in [-0.1, -0.05) is 28.1 Å². The first-order valence-corrected chi connectivity index (χ1v) is 6.88. The number of rotatable bonds is 4. The summed E-state index contributed by atoms with van der Waals surface area (Å²) in [5.41, 5.74) is 7.77. The normalized spacial score (nSPS) is 10.1. The number of amides is 1. The third-order valence-electron chi connectivity index (χ3n) is 2.76. The molecule has 2 rings (SSSR count). The molecular formula is C15H15BrN2O2. The van der Waals surface area contributed by atoms with Gasteiger partial charge >= 0.3 is 0 Å². The number of benzene rings is 2. The van der Waals surface area contributed by atoms with Gasteiger partial charge in [-0.15, -0.1) is 0 Å². The summed E-state index contributed by atoms with van der Waals surface area (Å²) in [4.78, 5) is 11.8. The van der Waals surface area contributed by atoms with Crippen LogP contribution >= 0.6 is 15.9 Å². The highest BCUT2D eigenvalue weighted by Gasteiger charge is 2.11. The fourth-order valence-corrected chi connectivity index (χ4v) is 2.22. The molecule has 0 aliphatic rings. The zero-order chi connectivity index (χ0) is 14.5. The molecule has 2 aromatic rings. The van der Waals surface area contributed by atoms with Gasteiger partial charge in [-0.25, -0.2) is 0 Å². The van der Waals surface area contributed by atoms with Crippen molar-refractivity contribution in [3.8, 4) is 5.75 Å². The summed E-state index contributed by atoms with van der Waals surface area (Å²) in [6.45, 7) is 0.368. The molecule has 1 amide bonds. The van der Waals surface area contributed by atoms with Crippen molar-refractivity contribution in [3.05, 3.63) is 58.1 Å². The smallest absolute Gasteiger partial charge is 0.254 e. The number of hydrogen-bond donors (Lipinski definition) is 2. The predicted molar refractivity (Wildman–Crippen MR) is 82.7 cm³/mol. The summed E-state index contributed by atoms with van der Waals surface area (Å²) in [5, 5.41) is 2.58. The summed E-state index contributed by atoms with van der Waals surface area (Å²) in [6, 6.07) is 12.8. The molecule has 0 aliphatic carbocycles. The Kier molecular flexibility index (Phi) is 4.63. The molecule has 0 saturated heterocycles. The van der Waals surface area contributed by atoms with Gasteiger partial charge in [-0.3, -0.25) is 4.79 Å². The van der Waals surface area contributed by atoms with Gasteiger partial charge in [0, 0.05) is 23.3 Å². The minimum absolute atomic E-state index is 0.200. The lowest BCUT2D eigenvalue weighted by molar-refractivity contribution is 0.0958. The van der Waals surface area contributed by atoms with Crippen LogP contribution in [0.1, 0.15) is 15.9 Å². The minimum Gasteiger partial charge on any atom is -0.488 e. The van der Waals surface area contributed by atoms with Gasteiger partial charge in [0.2, 0.25) is 0 Å². The fourth-order valence-electron chi connectivity index (χ4n) is 1.77. The van der Waals surface area contributed by atoms with Gasteiger partial charge < -0.3 is 15.8 Å². The van der Waals surface area contributed by atoms with Crippen LogP contribution in [0.3, 0.4) is 0 Å². The Labute approximate surface area is 126 Å². The number of halogens is 1. The molecule has 5 heteroatoms. The molecule has 20 heavy (non-hydrogen) atoms. The third kappa shape index (κ3) is 3.51. The van der Waals surface area contributed by atoms with Gasteiger partial charge in [0.1, 0.15) is 12.4 Å². The molecule has 0 aliphatic heterocycles. The van der Waals surface area contributed by atoms with Crippen LogP contribution in [0.2, 0.25) is 0 Å². The van der Waals surface area contributed by atoms with Crippen LogP contribution in [0.4, 0.5) is 5.69 Å². The fraction of sp³-hybridized carbons (Fsp3) is 0.133. The second kappa shape index (κ2) is 6.43. The summed E-state index contributed by atoms with van der Waals surface area (Å²) in [6.07, 6.45) is 0. The quantitative estimate of drug-likeness (QED) is 0.845. The molecule has 0 bridgehead atoms. The van der Waals surface area contributed by atoms with Crippen molar-refractivity contribution in [2.75, 3.05) is 12.8 Å². The van der Waals surface area contributed by atoms with Crippen molar-refractivity contribution < 1.29 is 9.53 Å². The number of ether oxygens (including phenoxy) is 1. The Morgan fingerprint density at radius 3 is 2.80 bits per heavy atom. The zero-order valence-electron chi connectivity index (χ0n) is 11.0. The summed E-state index contributed by atoms with van der Waals surface area (Å²) in [5.74, 6) is 0.276. The van der Waals surface area contributed by atoms with Gasteiger partial charge in [-0.2, -0.15) is 0 Å². The number of nitrogens with two attached hydrogens (primary N) is 1. The summed E-state index contributed by atoms with van der Waals surface area (Å²) < 4.78 is 6.70. The Morgan fingerprint density at radius 2 is 2.10 bits per heavy atom. The van der Waals surface area contributed by atoms with E-state index in [1.807, 2.05) is 24.3 Å². The van der Waals surface area contributed by atoms with Crippen LogP contribution in [-0.2, 0) is 6.61 Å². The van der Waals surface area contributed by atoms with E-state index in [9.17, 15) is 4.79 Å². The molecule has 0 atom stereocenters. The Morgan fingerprint density at radius 1 is 1.30 bits per heavy atom. The molecule has 2 aromatic carbocycles. The third-order valence-corrected chi connectivity index (χ3v) is 3.25. The van der Waals surface area contributed by atoms with Gasteiger partial charge in [0.05, 0.1) is 5.56 Å². The van der Waals surface area contributed by atoms with Crippen LogP contribution in [0, 0.1) is 0 Å². The van der Waals surface area contributed by atoms with Gasteiger partial charge in [-0.05, 0) is 29.8 Å². The molecule has 4 nitrogen and oxygen atoms in total. The van der Waals surface area contributed by atoms with E-state index in [1.165, 1.54) is 0 Å². The summed E-state index contributed by atoms with van der Waals surface area (Å²) >= 11 is 3.41. The lowest BCUT2D eigenvalue weighted by Gasteiger charge is -2.11. The highest BCUT2D eigenvalue weighted by Crippen LogP contribution is 2.23. The molecule has 0 aromatic heterocycles. The molecule has 0 unspecified atom stereocenters. The molecule has 0 fully saturated rings. The lowest BCUT2D eigenvalue weighted by atomic mass is 10.1. The first kappa shape index (κ1) is 14.4. The highest BCUT2D eigenvalue weighted by atomic mass is 79.9. The van der Waals surface area contributed by atoms with Gasteiger partial charge in [0.15, 0.2) is 0 Å². The average Bonchev–Trinajstić information content (AvgIpc) is 2.44. The molecule has 0 heterocycles. The maximum atomic E-state index is 11.8. The molecule has 104 valence electrons. The number of hydrogen-bond acceptors (Lipinski definition) is 3. The first-order valence-electron chi connectivity index (χ1n) is 6.09. The molecule has 0 spiro atoms. The van der Waals surface area contributed by atoms with E-state index in [1.54, 1.807) is 25.2 Å². The molecule has 0 saturated carbocycles. The highest BCUT2D eigenvalue weighted by molar-refractivity contribution is 9.10. The van der Waals surface area contributed by atoms with Crippen molar-refractivity contribution in [2.24, 2.45) is 0 Å². The predicted octanol–water partition coefficient (Wildman–Crippen LogP) is 2.97. The number of carbonyl (C=O) groups excluding carboxylic acids is 1. The maximum Gasteiger partial charge on any atom is 0.254 e. The van der Waals surface area contributed by atoms with E-state index in [2.05, 4.69) is 21.2 Å². The minimum atomic E-state index is -0.200. The second-order valence-electron chi connectivity index (χ2n) is 4.25. The van der Waals surface area contributed by atoms with E-state index in [0.29, 0.717) is 23.6 Å². The van der Waals surface area contributed by atoms with E-state index in [4.69, 9.17) is 10.5 Å². The number of anilines is 1. The largest absolute Gasteiger partial charge is 0.488 e. The Balaban J connectivity index is 2.20. The molecule has 3 N–H and O–H groups in total. The molecule has 0 radical (unpaired) electrons. The topological polar surface area (TPSA) is 64.4 Å². The van der Waals surface area contributed by atoms with Gasteiger partial charge in [0.25, 0.3) is 5.91 Å². The van der Waals surface area contributed by atoms with Crippen molar-refractivity contribution >= 4 is 27.5 Å². The Hall–Kier alpha value is -2.01. The van der Waals surface area contributed by atoms with Crippen LogP contribution in [0.5, 0.6) is 5.75 Å². The molecular weight excluding hydrogens is 320 g/mol. The maximum absolute atomic E-state index is 11.8. The zero-order valence-corrected chi connectivity index (χ0v) is 12.6. The SMILES string of the molecule is CNC(=O)c1ccc(N)cc1OCc1cccc(Br)c1. The standard InChI is InChI=1S/C15H15BrN2O2/c1-18-15(19)13-6-5-12(17)8-14(13)20-9-10-3-2-4-11(16)7-10/h2-8H,9,17H2,1H3,(H,18,19). The first-order chi connectivity index (χ1) is 9.60. The van der Waals surface area contributed by atoms with Crippen molar-refractivity contribution in [2.45, 2.75) is 6.61 Å². The summed E-state index contributed by atoms with van der Waals surface area (Å²) in [7, 11) is 1.58. The van der Waals surface area contributed by atoms with Crippen molar-refractivity contribution in [1.82, 2.24) is 5.32 Å². The van der Waals surface area contributed by atoms with Crippen LogP contribution < -0.4 is 15.8 Å². The van der Waals surface area contributed by atoms with Crippen LogP contribution in [0.15, 0.2) is 46.9 Å². The van der Waals surface area contributed by atoms with E-state index in [0.717, 1.165) is 10.0 Å². The number of nitrogen functional groups attached to an aromatic ring is 1. The second-order valence-corrected chi connectivity index (χ2v) is 5.17. The van der Waals surface area contributed by atoms with Crippen molar-refractivity contribution in [1.29, 1.82) is 0 Å². The average molecular weight is 335 g/mol. The van der Waals surface area contributed by atoms with Crippen LogP contribution in [0.25, 0.3) is 0 Å². The number of carbonyl (C=O) groups is 1. The van der Waals surface area contributed by atoms with E-state index in [-0.39, 0.29) is 5.91 Å². The van der Waals surface area contributed by atoms with E-state index >= 15 is 0 Å². The monoisotopic (exact) mass is 334 g/mol. The Bertz CT molecular complexity index is 629. The van der Waals surface area contributed by atoms with E-state index < -0.39 is 0 Å². The van der Waals surface area contributed by atoms with Crippen molar-refractivity contribution in [3.63, 3.8) is 0 Å². The lowest BCUT2D eigenvalue weighted by Crippen LogP contribution is -2.19. The number of nitrogens with one attached hydrogen (secondary N) is 1.